The number of hydrogen-bond donors (Lipinski definition) is 0. The maximum Gasteiger partial charge on any atom is 0.240 e. The Hall–Kier alpha value is -1.50. The molecule has 3 rings (SSSR count). The van der Waals surface area contributed by atoms with Crippen molar-refractivity contribution in [1.29, 1.82) is 0 Å². The second kappa shape index (κ2) is 8.38. The van der Waals surface area contributed by atoms with Crippen LogP contribution >= 0.6 is 11.3 Å². The molecule has 0 saturated carbocycles. The van der Waals surface area contributed by atoms with Crippen LogP contribution in [-0.2, 0) is 17.9 Å². The molecule has 0 N–H and O–H groups in total. The van der Waals surface area contributed by atoms with Gasteiger partial charge in [0.25, 0.3) is 0 Å². The minimum Gasteiger partial charge on any atom is -0.377 e. The predicted octanol–water partition coefficient (Wildman–Crippen LogP) is 3.74. The van der Waals surface area contributed by atoms with Crippen LogP contribution in [0.2, 0.25) is 0 Å². The summed E-state index contributed by atoms with van der Waals surface area (Å²) in [5.41, 5.74) is 0. The van der Waals surface area contributed by atoms with Crippen LogP contribution in [0.25, 0.3) is 6.08 Å². The van der Waals surface area contributed by atoms with E-state index in [1.807, 2.05) is 0 Å². The Morgan fingerprint density at radius 2 is 2.39 bits per heavy atom. The minimum atomic E-state index is 0.394. The number of ether oxygens (including phenoxy) is 1. The summed E-state index contributed by atoms with van der Waals surface area (Å²) in [6.45, 7) is 2.17. The third kappa shape index (κ3) is 4.73. The van der Waals surface area contributed by atoms with E-state index in [1.165, 1.54) is 30.6 Å². The van der Waals surface area contributed by atoms with Crippen molar-refractivity contribution >= 4 is 17.4 Å². The predicted molar refractivity (Wildman–Crippen MR) is 91.0 cm³/mol. The van der Waals surface area contributed by atoms with Gasteiger partial charge in [-0.3, -0.25) is 4.90 Å². The van der Waals surface area contributed by atoms with Crippen molar-refractivity contribution in [2.75, 3.05) is 13.7 Å². The molecule has 1 fully saturated rings. The van der Waals surface area contributed by atoms with Gasteiger partial charge >= 0.3 is 0 Å². The highest BCUT2D eigenvalue weighted by atomic mass is 32.1. The molecule has 5 nitrogen and oxygen atoms in total. The van der Waals surface area contributed by atoms with Crippen molar-refractivity contribution < 1.29 is 9.26 Å². The van der Waals surface area contributed by atoms with Gasteiger partial charge < -0.3 is 9.26 Å². The third-order valence-corrected chi connectivity index (χ3v) is 4.90. The number of thiophene rings is 1. The second-order valence-corrected chi connectivity index (χ2v) is 6.78. The molecule has 124 valence electrons. The van der Waals surface area contributed by atoms with Crippen molar-refractivity contribution in [1.82, 2.24) is 15.0 Å². The molecule has 23 heavy (non-hydrogen) atoms. The van der Waals surface area contributed by atoms with Gasteiger partial charge in [-0.1, -0.05) is 30.1 Å². The number of hydrogen-bond acceptors (Lipinski definition) is 6. The lowest BCUT2D eigenvalue weighted by molar-refractivity contribution is 0.173. The Balaban J connectivity index is 1.67. The van der Waals surface area contributed by atoms with E-state index >= 15 is 0 Å². The van der Waals surface area contributed by atoms with Gasteiger partial charge in [0.15, 0.2) is 5.82 Å². The Bertz CT molecular complexity index is 609. The molecule has 1 atom stereocenters. The van der Waals surface area contributed by atoms with Gasteiger partial charge in [-0.05, 0) is 36.9 Å². The molecular formula is C17H23N3O2S. The van der Waals surface area contributed by atoms with Crippen LogP contribution in [0, 0.1) is 0 Å². The average molecular weight is 333 g/mol. The summed E-state index contributed by atoms with van der Waals surface area (Å²) in [6, 6.07) is 4.67. The normalized spacial score (nSPS) is 20.1. The largest absolute Gasteiger partial charge is 0.377 e. The first kappa shape index (κ1) is 16.4. The lowest BCUT2D eigenvalue weighted by atomic mass is 10.1. The molecule has 0 amide bonds. The number of rotatable bonds is 6. The summed E-state index contributed by atoms with van der Waals surface area (Å²) >= 11 is 1.77. The van der Waals surface area contributed by atoms with E-state index in [9.17, 15) is 0 Å². The van der Waals surface area contributed by atoms with Crippen LogP contribution in [0.1, 0.15) is 42.3 Å². The summed E-state index contributed by atoms with van der Waals surface area (Å²) in [5, 5.41) is 6.06. The van der Waals surface area contributed by atoms with Crippen LogP contribution in [0.5, 0.6) is 0 Å². The zero-order valence-electron chi connectivity index (χ0n) is 13.5. The van der Waals surface area contributed by atoms with E-state index in [4.69, 9.17) is 9.26 Å². The standard InChI is InChI=1S/C17H23N3O2S/c1-21-13-16-18-17(22-19-16)12-20-10-4-2-3-6-14(20)8-9-15-7-5-11-23-15/h5,7-9,11,14H,2-4,6,10,12-13H2,1H3/b9-8+. The van der Waals surface area contributed by atoms with E-state index in [2.05, 4.69) is 44.7 Å². The van der Waals surface area contributed by atoms with E-state index in [-0.39, 0.29) is 0 Å². The van der Waals surface area contributed by atoms with Gasteiger partial charge in [0.2, 0.25) is 5.89 Å². The molecule has 1 aliphatic heterocycles. The quantitative estimate of drug-likeness (QED) is 0.806. The molecule has 1 saturated heterocycles. The molecule has 1 aliphatic rings. The number of aromatic nitrogens is 2. The Morgan fingerprint density at radius 3 is 3.22 bits per heavy atom. The summed E-state index contributed by atoms with van der Waals surface area (Å²) in [5.74, 6) is 1.29. The average Bonchev–Trinajstić information content (AvgIpc) is 3.16. The highest BCUT2D eigenvalue weighted by Gasteiger charge is 2.21. The minimum absolute atomic E-state index is 0.394. The number of nitrogens with zero attached hydrogens (tertiary/aromatic N) is 3. The molecule has 0 aliphatic carbocycles. The summed E-state index contributed by atoms with van der Waals surface area (Å²) < 4.78 is 10.4. The van der Waals surface area contributed by atoms with E-state index in [0.29, 0.717) is 30.9 Å². The fourth-order valence-corrected chi connectivity index (χ4v) is 3.54. The van der Waals surface area contributed by atoms with Crippen molar-refractivity contribution in [2.24, 2.45) is 0 Å². The van der Waals surface area contributed by atoms with Crippen molar-refractivity contribution in [3.63, 3.8) is 0 Å². The Kier molecular flexibility index (Phi) is 5.96. The molecule has 6 heteroatoms. The fourth-order valence-electron chi connectivity index (χ4n) is 2.92. The SMILES string of the molecule is COCc1noc(CN2CCCCCC2/C=C/c2cccs2)n1. The number of likely N-dealkylation sites (tertiary alicyclic amines) is 1. The molecule has 2 aromatic heterocycles. The Labute approximate surface area is 141 Å². The molecule has 1 unspecified atom stereocenters. The molecule has 0 spiro atoms. The summed E-state index contributed by atoms with van der Waals surface area (Å²) in [6.07, 6.45) is 9.53. The maximum atomic E-state index is 5.35. The zero-order chi connectivity index (χ0) is 15.9. The first-order valence-electron chi connectivity index (χ1n) is 8.11. The Morgan fingerprint density at radius 1 is 1.43 bits per heavy atom. The summed E-state index contributed by atoms with van der Waals surface area (Å²) in [4.78, 5) is 8.15. The van der Waals surface area contributed by atoms with Crippen LogP contribution < -0.4 is 0 Å². The maximum absolute atomic E-state index is 5.35. The first-order valence-corrected chi connectivity index (χ1v) is 8.99. The van der Waals surface area contributed by atoms with E-state index < -0.39 is 0 Å². The third-order valence-electron chi connectivity index (χ3n) is 4.06. The smallest absolute Gasteiger partial charge is 0.240 e. The van der Waals surface area contributed by atoms with E-state index in [1.54, 1.807) is 18.4 Å². The monoisotopic (exact) mass is 333 g/mol. The van der Waals surface area contributed by atoms with Gasteiger partial charge in [0.1, 0.15) is 6.61 Å². The van der Waals surface area contributed by atoms with E-state index in [0.717, 1.165) is 6.54 Å². The topological polar surface area (TPSA) is 51.4 Å². The summed E-state index contributed by atoms with van der Waals surface area (Å²) in [7, 11) is 1.64. The van der Waals surface area contributed by atoms with Gasteiger partial charge in [0, 0.05) is 18.0 Å². The molecule has 0 bridgehead atoms. The van der Waals surface area contributed by atoms with Gasteiger partial charge in [-0.15, -0.1) is 11.3 Å². The molecule has 0 aromatic carbocycles. The van der Waals surface area contributed by atoms with Crippen LogP contribution in [-0.4, -0.2) is 34.7 Å². The van der Waals surface area contributed by atoms with Gasteiger partial charge in [-0.2, -0.15) is 4.98 Å². The second-order valence-electron chi connectivity index (χ2n) is 5.80. The molecule has 0 radical (unpaired) electrons. The first-order chi connectivity index (χ1) is 11.3. The lowest BCUT2D eigenvalue weighted by Gasteiger charge is -2.25. The van der Waals surface area contributed by atoms with Crippen LogP contribution in [0.3, 0.4) is 0 Å². The van der Waals surface area contributed by atoms with Crippen molar-refractivity contribution in [2.45, 2.75) is 44.9 Å². The van der Waals surface area contributed by atoms with Crippen LogP contribution in [0.4, 0.5) is 0 Å². The zero-order valence-corrected chi connectivity index (χ0v) is 14.3. The van der Waals surface area contributed by atoms with Gasteiger partial charge in [-0.25, -0.2) is 0 Å². The highest BCUT2D eigenvalue weighted by molar-refractivity contribution is 7.10. The highest BCUT2D eigenvalue weighted by Crippen LogP contribution is 2.21. The molecular weight excluding hydrogens is 310 g/mol. The van der Waals surface area contributed by atoms with Crippen molar-refractivity contribution in [3.05, 3.63) is 40.2 Å². The van der Waals surface area contributed by atoms with Crippen LogP contribution in [0.15, 0.2) is 28.1 Å². The molecule has 2 aromatic rings. The van der Waals surface area contributed by atoms with Gasteiger partial charge in [0.05, 0.1) is 6.54 Å². The lowest BCUT2D eigenvalue weighted by Crippen LogP contribution is -2.33. The van der Waals surface area contributed by atoms with Crippen molar-refractivity contribution in [3.8, 4) is 0 Å². The molecule has 3 heterocycles. The number of methoxy groups -OCH3 is 1. The fraction of sp³-hybridized carbons (Fsp3) is 0.529.